The van der Waals surface area contributed by atoms with Crippen LogP contribution in [0.3, 0.4) is 0 Å². The maximum absolute atomic E-state index is 12.4. The van der Waals surface area contributed by atoms with Crippen molar-refractivity contribution in [3.05, 3.63) is 42.5 Å². The van der Waals surface area contributed by atoms with Gasteiger partial charge in [0.1, 0.15) is 5.25 Å². The number of amides is 2. The summed E-state index contributed by atoms with van der Waals surface area (Å²) in [5, 5.41) is 5.39. The number of hydrogen-bond acceptors (Lipinski definition) is 4. The van der Waals surface area contributed by atoms with E-state index in [1.165, 1.54) is 11.8 Å². The first kappa shape index (κ1) is 16.1. The molecule has 1 atom stereocenters. The molecule has 25 heavy (non-hydrogen) atoms. The van der Waals surface area contributed by atoms with Gasteiger partial charge in [0.15, 0.2) is 5.17 Å². The van der Waals surface area contributed by atoms with E-state index in [4.69, 9.17) is 0 Å². The molecule has 2 aliphatic rings. The van der Waals surface area contributed by atoms with Crippen LogP contribution in [-0.2, 0) is 9.59 Å². The Morgan fingerprint density at radius 3 is 2.76 bits per heavy atom. The largest absolute Gasteiger partial charge is 0.351 e. The lowest BCUT2D eigenvalue weighted by Crippen LogP contribution is -2.25. The van der Waals surface area contributed by atoms with E-state index in [0.717, 1.165) is 47.6 Å². The maximum atomic E-state index is 12.4. The second-order valence-corrected chi connectivity index (χ2v) is 7.48. The Morgan fingerprint density at radius 1 is 1.16 bits per heavy atom. The molecule has 1 fully saturated rings. The molecule has 0 unspecified atom stereocenters. The van der Waals surface area contributed by atoms with Gasteiger partial charge in [-0.2, -0.15) is 4.99 Å². The minimum atomic E-state index is -0.412. The fraction of sp³-hybridized carbons (Fsp3) is 0.316. The molecule has 6 heteroatoms. The van der Waals surface area contributed by atoms with Crippen molar-refractivity contribution in [2.45, 2.75) is 24.5 Å². The topological polar surface area (TPSA) is 61.8 Å². The van der Waals surface area contributed by atoms with Crippen LogP contribution in [0.25, 0.3) is 10.8 Å². The number of thioether (sulfide) groups is 1. The third kappa shape index (κ3) is 3.39. The van der Waals surface area contributed by atoms with Crippen LogP contribution < -0.4 is 5.32 Å². The molecule has 0 spiro atoms. The standard InChI is InChI=1S/C19H19N3O2S/c23-17(20-15-9-5-7-13-6-1-2-8-14(13)15)12-16-18(24)21-19(25-16)22-10-3-4-11-22/h1-2,5-9,16H,3-4,10-12H2,(H,20,23)/t16-/m1/s1. The van der Waals surface area contributed by atoms with E-state index in [-0.39, 0.29) is 18.2 Å². The van der Waals surface area contributed by atoms with E-state index in [1.807, 2.05) is 42.5 Å². The summed E-state index contributed by atoms with van der Waals surface area (Å²) >= 11 is 1.42. The highest BCUT2D eigenvalue weighted by atomic mass is 32.2. The number of anilines is 1. The van der Waals surface area contributed by atoms with Crippen molar-refractivity contribution >= 4 is 45.2 Å². The molecule has 0 bridgehead atoms. The van der Waals surface area contributed by atoms with Crippen LogP contribution in [0.15, 0.2) is 47.5 Å². The molecule has 1 saturated heterocycles. The van der Waals surface area contributed by atoms with Gasteiger partial charge in [-0.3, -0.25) is 9.59 Å². The number of fused-ring (bicyclic) bond motifs is 1. The molecule has 5 nitrogen and oxygen atoms in total. The zero-order valence-electron chi connectivity index (χ0n) is 13.8. The number of carbonyl (C=O) groups is 2. The zero-order valence-corrected chi connectivity index (χ0v) is 14.6. The second kappa shape index (κ2) is 6.88. The smallest absolute Gasteiger partial charge is 0.262 e. The van der Waals surface area contributed by atoms with Crippen LogP contribution in [0.5, 0.6) is 0 Å². The molecular weight excluding hydrogens is 334 g/mol. The summed E-state index contributed by atoms with van der Waals surface area (Å²) in [6, 6.07) is 13.7. The van der Waals surface area contributed by atoms with Crippen molar-refractivity contribution in [2.75, 3.05) is 18.4 Å². The Balaban J connectivity index is 1.42. The molecule has 0 aliphatic carbocycles. The molecule has 0 aromatic heterocycles. The number of aliphatic imine (C=N–C) groups is 1. The number of hydrogen-bond donors (Lipinski definition) is 1. The number of nitrogens with zero attached hydrogens (tertiary/aromatic N) is 2. The van der Waals surface area contributed by atoms with Crippen LogP contribution >= 0.6 is 11.8 Å². The van der Waals surface area contributed by atoms with Gasteiger partial charge in [-0.05, 0) is 24.3 Å². The average Bonchev–Trinajstić information content (AvgIpc) is 3.26. The van der Waals surface area contributed by atoms with E-state index >= 15 is 0 Å². The van der Waals surface area contributed by atoms with Gasteiger partial charge in [0.2, 0.25) is 5.91 Å². The molecule has 2 aromatic rings. The molecule has 0 saturated carbocycles. The third-order valence-corrected chi connectivity index (χ3v) is 5.75. The second-order valence-electron chi connectivity index (χ2n) is 6.31. The van der Waals surface area contributed by atoms with Crippen molar-refractivity contribution in [1.82, 2.24) is 4.90 Å². The van der Waals surface area contributed by atoms with Crippen molar-refractivity contribution < 1.29 is 9.59 Å². The Morgan fingerprint density at radius 2 is 1.92 bits per heavy atom. The van der Waals surface area contributed by atoms with Crippen molar-refractivity contribution in [2.24, 2.45) is 4.99 Å². The highest BCUT2D eigenvalue weighted by Crippen LogP contribution is 2.30. The van der Waals surface area contributed by atoms with E-state index in [0.29, 0.717) is 0 Å². The van der Waals surface area contributed by atoms with Crippen LogP contribution in [-0.4, -0.2) is 40.2 Å². The number of benzene rings is 2. The van der Waals surface area contributed by atoms with Crippen LogP contribution in [0.2, 0.25) is 0 Å². The van der Waals surface area contributed by atoms with Gasteiger partial charge >= 0.3 is 0 Å². The summed E-state index contributed by atoms with van der Waals surface area (Å²) < 4.78 is 0. The first-order chi connectivity index (χ1) is 12.2. The van der Waals surface area contributed by atoms with Crippen molar-refractivity contribution in [3.63, 3.8) is 0 Å². The Hall–Kier alpha value is -2.34. The highest BCUT2D eigenvalue weighted by Gasteiger charge is 2.33. The van der Waals surface area contributed by atoms with E-state index in [9.17, 15) is 9.59 Å². The Labute approximate surface area is 150 Å². The molecule has 2 amide bonds. The molecule has 0 radical (unpaired) electrons. The number of amidine groups is 1. The Kier molecular flexibility index (Phi) is 4.44. The predicted octanol–water partition coefficient (Wildman–Crippen LogP) is 3.26. The zero-order chi connectivity index (χ0) is 17.2. The lowest BCUT2D eigenvalue weighted by molar-refractivity contribution is -0.121. The molecule has 1 N–H and O–H groups in total. The summed E-state index contributed by atoms with van der Waals surface area (Å²) in [5.74, 6) is -0.347. The van der Waals surface area contributed by atoms with Gasteiger partial charge in [0.05, 0.1) is 0 Å². The van der Waals surface area contributed by atoms with E-state index in [2.05, 4.69) is 15.2 Å². The summed E-state index contributed by atoms with van der Waals surface area (Å²) in [6.07, 6.45) is 2.42. The van der Waals surface area contributed by atoms with Gasteiger partial charge in [0.25, 0.3) is 5.91 Å². The van der Waals surface area contributed by atoms with E-state index in [1.54, 1.807) is 0 Å². The highest BCUT2D eigenvalue weighted by molar-refractivity contribution is 8.15. The molecule has 2 aliphatic heterocycles. The maximum Gasteiger partial charge on any atom is 0.262 e. The average molecular weight is 353 g/mol. The number of carbonyl (C=O) groups excluding carboxylic acids is 2. The normalized spacial score (nSPS) is 20.2. The number of rotatable bonds is 3. The van der Waals surface area contributed by atoms with Crippen LogP contribution in [0.1, 0.15) is 19.3 Å². The van der Waals surface area contributed by atoms with Crippen molar-refractivity contribution in [1.29, 1.82) is 0 Å². The fourth-order valence-electron chi connectivity index (χ4n) is 3.26. The van der Waals surface area contributed by atoms with Gasteiger partial charge in [-0.1, -0.05) is 48.2 Å². The van der Waals surface area contributed by atoms with E-state index < -0.39 is 5.25 Å². The number of likely N-dealkylation sites (tertiary alicyclic amines) is 1. The minimum Gasteiger partial charge on any atom is -0.351 e. The summed E-state index contributed by atoms with van der Waals surface area (Å²) in [7, 11) is 0. The molecule has 2 heterocycles. The lowest BCUT2D eigenvalue weighted by atomic mass is 10.1. The molecule has 2 aromatic carbocycles. The predicted molar refractivity (Wildman–Crippen MR) is 102 cm³/mol. The lowest BCUT2D eigenvalue weighted by Gasteiger charge is -2.16. The van der Waals surface area contributed by atoms with Crippen molar-refractivity contribution in [3.8, 4) is 0 Å². The first-order valence-corrected chi connectivity index (χ1v) is 9.40. The van der Waals surface area contributed by atoms with Gasteiger partial charge in [-0.15, -0.1) is 0 Å². The van der Waals surface area contributed by atoms with Gasteiger partial charge < -0.3 is 10.2 Å². The summed E-state index contributed by atoms with van der Waals surface area (Å²) in [6.45, 7) is 1.90. The summed E-state index contributed by atoms with van der Waals surface area (Å²) in [4.78, 5) is 30.9. The molecular formula is C19H19N3O2S. The minimum absolute atomic E-state index is 0.146. The van der Waals surface area contributed by atoms with Gasteiger partial charge in [-0.25, -0.2) is 0 Å². The number of nitrogens with one attached hydrogen (secondary N) is 1. The van der Waals surface area contributed by atoms with Crippen LogP contribution in [0, 0.1) is 0 Å². The quantitative estimate of drug-likeness (QED) is 0.920. The SMILES string of the molecule is O=C(C[C@H]1SC(N2CCCC2)=NC1=O)Nc1cccc2ccccc12. The summed E-state index contributed by atoms with van der Waals surface area (Å²) in [5.41, 5.74) is 0.777. The van der Waals surface area contributed by atoms with Crippen LogP contribution in [0.4, 0.5) is 5.69 Å². The molecule has 4 rings (SSSR count). The third-order valence-electron chi connectivity index (χ3n) is 4.54. The van der Waals surface area contributed by atoms with Gasteiger partial charge in [0, 0.05) is 30.6 Å². The Bertz CT molecular complexity index is 853. The fourth-order valence-corrected chi connectivity index (χ4v) is 4.37. The molecule has 128 valence electrons. The monoisotopic (exact) mass is 353 g/mol. The first-order valence-electron chi connectivity index (χ1n) is 8.52.